The zero-order valence-corrected chi connectivity index (χ0v) is 10.3. The van der Waals surface area contributed by atoms with Gasteiger partial charge >= 0.3 is 0 Å². The van der Waals surface area contributed by atoms with Gasteiger partial charge in [0.25, 0.3) is 0 Å². The van der Waals surface area contributed by atoms with Gasteiger partial charge < -0.3 is 4.79 Å². The van der Waals surface area contributed by atoms with Gasteiger partial charge in [-0.2, -0.15) is 0 Å². The van der Waals surface area contributed by atoms with Crippen molar-refractivity contribution in [2.75, 3.05) is 0 Å². The summed E-state index contributed by atoms with van der Waals surface area (Å²) < 4.78 is 0. The Morgan fingerprint density at radius 3 is 2.38 bits per heavy atom. The summed E-state index contributed by atoms with van der Waals surface area (Å²) >= 11 is 0. The minimum absolute atomic E-state index is 0.345. The number of allylic oxidation sites excluding steroid dienone is 2. The van der Waals surface area contributed by atoms with E-state index >= 15 is 0 Å². The standard InChI is InChI=1S/C15H20O/c1-12(2)15(9-10-16)11-13(3)14-7-5-4-6-8-14/h4-8,10-12,15H,9H2,1-3H3/b13-11+. The molecule has 0 bridgehead atoms. The van der Waals surface area contributed by atoms with Gasteiger partial charge in [0, 0.05) is 6.42 Å². The van der Waals surface area contributed by atoms with Crippen LogP contribution in [0, 0.1) is 11.8 Å². The molecule has 0 aliphatic rings. The van der Waals surface area contributed by atoms with Crippen LogP contribution in [0.5, 0.6) is 0 Å². The van der Waals surface area contributed by atoms with Crippen molar-refractivity contribution in [2.24, 2.45) is 11.8 Å². The highest BCUT2D eigenvalue weighted by atomic mass is 16.1. The first-order valence-corrected chi connectivity index (χ1v) is 5.82. The number of hydrogen-bond acceptors (Lipinski definition) is 1. The first-order chi connectivity index (χ1) is 7.65. The van der Waals surface area contributed by atoms with Gasteiger partial charge in [0.1, 0.15) is 6.29 Å². The molecule has 1 unspecified atom stereocenters. The van der Waals surface area contributed by atoms with Crippen LogP contribution in [0.4, 0.5) is 0 Å². The van der Waals surface area contributed by atoms with Crippen molar-refractivity contribution in [1.82, 2.24) is 0 Å². The summed E-state index contributed by atoms with van der Waals surface area (Å²) in [6.07, 6.45) is 3.84. The molecule has 1 rings (SSSR count). The lowest BCUT2D eigenvalue weighted by Gasteiger charge is -2.15. The maximum absolute atomic E-state index is 10.6. The Balaban J connectivity index is 2.85. The third kappa shape index (κ3) is 3.65. The Hall–Kier alpha value is -1.37. The zero-order chi connectivity index (χ0) is 12.0. The van der Waals surface area contributed by atoms with Crippen LogP contribution >= 0.6 is 0 Å². The van der Waals surface area contributed by atoms with Gasteiger partial charge in [0.15, 0.2) is 0 Å². The summed E-state index contributed by atoms with van der Waals surface area (Å²) in [4.78, 5) is 10.6. The highest BCUT2D eigenvalue weighted by Gasteiger charge is 2.10. The van der Waals surface area contributed by atoms with Gasteiger partial charge in [0.05, 0.1) is 0 Å². The van der Waals surface area contributed by atoms with Crippen LogP contribution in [0.15, 0.2) is 36.4 Å². The summed E-state index contributed by atoms with van der Waals surface area (Å²) in [6, 6.07) is 10.3. The van der Waals surface area contributed by atoms with Gasteiger partial charge in [-0.05, 0) is 29.9 Å². The molecule has 1 heteroatoms. The van der Waals surface area contributed by atoms with Crippen LogP contribution in [0.2, 0.25) is 0 Å². The molecule has 0 heterocycles. The third-order valence-electron chi connectivity index (χ3n) is 2.92. The van der Waals surface area contributed by atoms with E-state index in [9.17, 15) is 4.79 Å². The van der Waals surface area contributed by atoms with Crippen molar-refractivity contribution >= 4 is 11.9 Å². The van der Waals surface area contributed by atoms with Crippen LogP contribution in [-0.2, 0) is 4.79 Å². The molecular formula is C15H20O. The third-order valence-corrected chi connectivity index (χ3v) is 2.92. The van der Waals surface area contributed by atoms with Gasteiger partial charge in [0.2, 0.25) is 0 Å². The normalized spacial score (nSPS) is 13.9. The maximum Gasteiger partial charge on any atom is 0.120 e. The predicted molar refractivity (Wildman–Crippen MR) is 69.1 cm³/mol. The van der Waals surface area contributed by atoms with Crippen molar-refractivity contribution in [3.05, 3.63) is 42.0 Å². The molecular weight excluding hydrogens is 196 g/mol. The number of aldehydes is 1. The lowest BCUT2D eigenvalue weighted by atomic mass is 9.90. The molecule has 1 atom stereocenters. The minimum Gasteiger partial charge on any atom is -0.303 e. The second-order valence-electron chi connectivity index (χ2n) is 4.53. The maximum atomic E-state index is 10.6. The summed E-state index contributed by atoms with van der Waals surface area (Å²) in [6.45, 7) is 6.42. The van der Waals surface area contributed by atoms with E-state index in [1.54, 1.807) is 0 Å². The van der Waals surface area contributed by atoms with E-state index in [-0.39, 0.29) is 0 Å². The molecule has 0 fully saturated rings. The van der Waals surface area contributed by atoms with E-state index in [0.29, 0.717) is 18.3 Å². The molecule has 0 aromatic heterocycles. The Bertz CT molecular complexity index is 349. The molecule has 1 nitrogen and oxygen atoms in total. The number of rotatable bonds is 5. The van der Waals surface area contributed by atoms with E-state index in [0.717, 1.165) is 6.29 Å². The average molecular weight is 216 g/mol. The summed E-state index contributed by atoms with van der Waals surface area (Å²) in [5, 5.41) is 0. The molecule has 0 amide bonds. The van der Waals surface area contributed by atoms with Crippen LogP contribution in [0.1, 0.15) is 32.8 Å². The topological polar surface area (TPSA) is 17.1 Å². The fourth-order valence-corrected chi connectivity index (χ4v) is 1.76. The molecule has 0 saturated carbocycles. The van der Waals surface area contributed by atoms with Crippen LogP contribution in [0.25, 0.3) is 5.57 Å². The van der Waals surface area contributed by atoms with Crippen molar-refractivity contribution in [2.45, 2.75) is 27.2 Å². The van der Waals surface area contributed by atoms with E-state index in [2.05, 4.69) is 39.0 Å². The molecule has 0 radical (unpaired) electrons. The van der Waals surface area contributed by atoms with Crippen molar-refractivity contribution in [3.63, 3.8) is 0 Å². The molecule has 0 aliphatic heterocycles. The number of hydrogen-bond donors (Lipinski definition) is 0. The minimum atomic E-state index is 0.345. The molecule has 0 N–H and O–H groups in total. The second kappa shape index (κ2) is 6.26. The van der Waals surface area contributed by atoms with Crippen molar-refractivity contribution in [3.8, 4) is 0 Å². The highest BCUT2D eigenvalue weighted by molar-refractivity contribution is 5.64. The van der Waals surface area contributed by atoms with Gasteiger partial charge in [-0.25, -0.2) is 0 Å². The lowest BCUT2D eigenvalue weighted by Crippen LogP contribution is -2.06. The highest BCUT2D eigenvalue weighted by Crippen LogP contribution is 2.22. The summed E-state index contributed by atoms with van der Waals surface area (Å²) in [7, 11) is 0. The van der Waals surface area contributed by atoms with E-state index in [4.69, 9.17) is 0 Å². The first-order valence-electron chi connectivity index (χ1n) is 5.82. The monoisotopic (exact) mass is 216 g/mol. The number of benzene rings is 1. The first kappa shape index (κ1) is 12.7. The zero-order valence-electron chi connectivity index (χ0n) is 10.3. The van der Waals surface area contributed by atoms with E-state index < -0.39 is 0 Å². The predicted octanol–water partition coefficient (Wildman–Crippen LogP) is 3.95. The fourth-order valence-electron chi connectivity index (χ4n) is 1.76. The number of carbonyl (C=O) groups excluding carboxylic acids is 1. The Labute approximate surface area is 98.2 Å². The van der Waals surface area contributed by atoms with Crippen molar-refractivity contribution in [1.29, 1.82) is 0 Å². The summed E-state index contributed by atoms with van der Waals surface area (Å²) in [5.74, 6) is 0.849. The number of carbonyl (C=O) groups is 1. The Morgan fingerprint density at radius 2 is 1.88 bits per heavy atom. The fraction of sp³-hybridized carbons (Fsp3) is 0.400. The molecule has 86 valence electrons. The lowest BCUT2D eigenvalue weighted by molar-refractivity contribution is -0.108. The largest absolute Gasteiger partial charge is 0.303 e. The second-order valence-corrected chi connectivity index (χ2v) is 4.53. The SMILES string of the molecule is C/C(=C\C(CC=O)C(C)C)c1ccccc1. The smallest absolute Gasteiger partial charge is 0.120 e. The van der Waals surface area contributed by atoms with Gasteiger partial charge in [-0.15, -0.1) is 0 Å². The van der Waals surface area contributed by atoms with Gasteiger partial charge in [-0.3, -0.25) is 0 Å². The quantitative estimate of drug-likeness (QED) is 0.681. The van der Waals surface area contributed by atoms with E-state index in [1.807, 2.05) is 18.2 Å². The average Bonchev–Trinajstić information content (AvgIpc) is 2.29. The Kier molecular flexibility index (Phi) is 4.97. The molecule has 1 aromatic rings. The van der Waals surface area contributed by atoms with E-state index in [1.165, 1.54) is 11.1 Å². The molecule has 0 spiro atoms. The van der Waals surface area contributed by atoms with Crippen LogP contribution in [0.3, 0.4) is 0 Å². The molecule has 0 saturated heterocycles. The van der Waals surface area contributed by atoms with Crippen LogP contribution in [-0.4, -0.2) is 6.29 Å². The summed E-state index contributed by atoms with van der Waals surface area (Å²) in [5.41, 5.74) is 2.49. The molecule has 1 aromatic carbocycles. The van der Waals surface area contributed by atoms with Gasteiger partial charge in [-0.1, -0.05) is 50.3 Å². The Morgan fingerprint density at radius 1 is 1.25 bits per heavy atom. The van der Waals surface area contributed by atoms with Crippen molar-refractivity contribution < 1.29 is 4.79 Å². The molecule has 0 aliphatic carbocycles. The van der Waals surface area contributed by atoms with Crippen LogP contribution < -0.4 is 0 Å². The molecule has 16 heavy (non-hydrogen) atoms.